The van der Waals surface area contributed by atoms with Gasteiger partial charge in [-0.25, -0.2) is 4.79 Å². The van der Waals surface area contributed by atoms with Gasteiger partial charge in [-0.15, -0.1) is 0 Å². The van der Waals surface area contributed by atoms with E-state index in [1.54, 1.807) is 0 Å². The zero-order chi connectivity index (χ0) is 15.9. The first-order valence-electron chi connectivity index (χ1n) is 7.23. The molecule has 0 aromatic heterocycles. The molecule has 1 aliphatic carbocycles. The highest BCUT2D eigenvalue weighted by Gasteiger charge is 2.30. The highest BCUT2D eigenvalue weighted by molar-refractivity contribution is 5.74. The van der Waals surface area contributed by atoms with Crippen molar-refractivity contribution in [3.8, 4) is 0 Å². The van der Waals surface area contributed by atoms with Crippen molar-refractivity contribution in [2.45, 2.75) is 56.8 Å². The maximum Gasteiger partial charge on any atom is 0.390 e. The number of alkyl halides is 3. The van der Waals surface area contributed by atoms with Gasteiger partial charge in [0.15, 0.2) is 0 Å². The zero-order valence-electron chi connectivity index (χ0n) is 11.9. The fraction of sp³-hybridized carbons (Fsp3) is 0.923. The first kappa shape index (κ1) is 18.0. The molecule has 1 fully saturated rings. The Bertz CT molecular complexity index is 320. The van der Waals surface area contributed by atoms with Crippen LogP contribution in [-0.2, 0) is 0 Å². The largest absolute Gasteiger partial charge is 0.394 e. The lowest BCUT2D eigenvalue weighted by Crippen LogP contribution is -2.49. The third kappa shape index (κ3) is 7.52. The van der Waals surface area contributed by atoms with Crippen molar-refractivity contribution in [1.29, 1.82) is 0 Å². The fourth-order valence-electron chi connectivity index (χ4n) is 2.36. The average molecular weight is 312 g/mol. The molecule has 0 aromatic carbocycles. The summed E-state index contributed by atoms with van der Waals surface area (Å²) in [7, 11) is 0. The van der Waals surface area contributed by atoms with E-state index >= 15 is 0 Å². The molecule has 5 nitrogen and oxygen atoms in total. The third-order valence-corrected chi connectivity index (χ3v) is 3.53. The number of carbonyl (C=O) groups is 1. The standard InChI is InChI=1S/C13H23F3N2O3/c14-13(15,16)6-7-18(8-11(20)9-19)12(21)17-10-4-2-1-3-5-10/h10-11,19-20H,1-9H2,(H,17,21)/t11-/m0/s1. The van der Waals surface area contributed by atoms with Crippen LogP contribution in [-0.4, -0.2) is 59.2 Å². The van der Waals surface area contributed by atoms with Crippen LogP contribution >= 0.6 is 0 Å². The van der Waals surface area contributed by atoms with Gasteiger partial charge in [0.1, 0.15) is 0 Å². The number of rotatable bonds is 6. The Labute approximate surface area is 122 Å². The number of amides is 2. The fourth-order valence-corrected chi connectivity index (χ4v) is 2.36. The van der Waals surface area contributed by atoms with E-state index in [0.717, 1.165) is 37.0 Å². The molecule has 1 aliphatic rings. The average Bonchev–Trinajstić information content (AvgIpc) is 2.43. The van der Waals surface area contributed by atoms with Crippen LogP contribution < -0.4 is 5.32 Å². The Hall–Kier alpha value is -1.02. The van der Waals surface area contributed by atoms with E-state index in [1.807, 2.05) is 0 Å². The maximum atomic E-state index is 12.3. The van der Waals surface area contributed by atoms with Crippen LogP contribution in [0, 0.1) is 0 Å². The van der Waals surface area contributed by atoms with E-state index in [4.69, 9.17) is 5.11 Å². The van der Waals surface area contributed by atoms with E-state index in [2.05, 4.69) is 5.32 Å². The van der Waals surface area contributed by atoms with E-state index in [1.165, 1.54) is 0 Å². The molecule has 0 saturated heterocycles. The molecule has 0 aromatic rings. The number of hydrogen-bond acceptors (Lipinski definition) is 3. The molecular formula is C13H23F3N2O3. The van der Waals surface area contributed by atoms with Gasteiger partial charge in [0.2, 0.25) is 0 Å². The summed E-state index contributed by atoms with van der Waals surface area (Å²) in [5.74, 6) is 0. The van der Waals surface area contributed by atoms with Gasteiger partial charge in [0.05, 0.1) is 25.7 Å². The normalized spacial score (nSPS) is 18.3. The van der Waals surface area contributed by atoms with Crippen molar-refractivity contribution >= 4 is 6.03 Å². The summed E-state index contributed by atoms with van der Waals surface area (Å²) in [5.41, 5.74) is 0. The number of nitrogens with zero attached hydrogens (tertiary/aromatic N) is 1. The second-order valence-electron chi connectivity index (χ2n) is 5.43. The molecule has 21 heavy (non-hydrogen) atoms. The van der Waals surface area contributed by atoms with Crippen LogP contribution in [0.4, 0.5) is 18.0 Å². The number of urea groups is 1. The number of carbonyl (C=O) groups excluding carboxylic acids is 1. The molecule has 2 amide bonds. The van der Waals surface area contributed by atoms with Crippen LogP contribution in [0.1, 0.15) is 38.5 Å². The minimum Gasteiger partial charge on any atom is -0.394 e. The minimum absolute atomic E-state index is 0.0223. The van der Waals surface area contributed by atoms with Crippen molar-refractivity contribution < 1.29 is 28.2 Å². The number of hydrogen-bond donors (Lipinski definition) is 3. The topological polar surface area (TPSA) is 72.8 Å². The summed E-state index contributed by atoms with van der Waals surface area (Å²) in [6.07, 6.45) is -2.01. The van der Waals surface area contributed by atoms with Crippen LogP contribution in [0.5, 0.6) is 0 Å². The lowest BCUT2D eigenvalue weighted by atomic mass is 9.96. The Morgan fingerprint density at radius 2 is 1.90 bits per heavy atom. The second-order valence-corrected chi connectivity index (χ2v) is 5.43. The van der Waals surface area contributed by atoms with Gasteiger partial charge in [-0.3, -0.25) is 0 Å². The summed E-state index contributed by atoms with van der Waals surface area (Å²) in [6, 6.07) is -0.635. The predicted octanol–water partition coefficient (Wildman–Crippen LogP) is 1.64. The second kappa shape index (κ2) is 8.43. The van der Waals surface area contributed by atoms with Crippen molar-refractivity contribution in [2.75, 3.05) is 19.7 Å². The summed E-state index contributed by atoms with van der Waals surface area (Å²) in [6.45, 7) is -1.44. The summed E-state index contributed by atoms with van der Waals surface area (Å²) in [4.78, 5) is 13.0. The Kier molecular flexibility index (Phi) is 7.24. The smallest absolute Gasteiger partial charge is 0.390 e. The molecule has 124 valence electrons. The lowest BCUT2D eigenvalue weighted by Gasteiger charge is -2.29. The number of aliphatic hydroxyl groups excluding tert-OH is 2. The molecule has 1 rings (SSSR count). The number of aliphatic hydroxyl groups is 2. The molecule has 3 N–H and O–H groups in total. The van der Waals surface area contributed by atoms with Crippen LogP contribution in [0.3, 0.4) is 0 Å². The van der Waals surface area contributed by atoms with Gasteiger partial charge in [0, 0.05) is 12.6 Å². The van der Waals surface area contributed by atoms with Gasteiger partial charge < -0.3 is 20.4 Å². The third-order valence-electron chi connectivity index (χ3n) is 3.53. The predicted molar refractivity (Wildman–Crippen MR) is 70.7 cm³/mol. The van der Waals surface area contributed by atoms with Crippen LogP contribution in [0.2, 0.25) is 0 Å². The molecule has 0 radical (unpaired) electrons. The Morgan fingerprint density at radius 1 is 1.29 bits per heavy atom. The van der Waals surface area contributed by atoms with E-state index in [0.29, 0.717) is 0 Å². The lowest BCUT2D eigenvalue weighted by molar-refractivity contribution is -0.137. The summed E-state index contributed by atoms with van der Waals surface area (Å²) in [5, 5.41) is 20.9. The Balaban J connectivity index is 2.53. The van der Waals surface area contributed by atoms with Gasteiger partial charge in [0.25, 0.3) is 0 Å². The minimum atomic E-state index is -4.37. The first-order chi connectivity index (χ1) is 9.81. The SMILES string of the molecule is O=C(NC1CCCCC1)N(CCC(F)(F)F)C[C@H](O)CO. The van der Waals surface area contributed by atoms with Crippen molar-refractivity contribution in [1.82, 2.24) is 10.2 Å². The molecule has 0 heterocycles. The van der Waals surface area contributed by atoms with E-state index < -0.39 is 37.9 Å². The molecule has 0 unspecified atom stereocenters. The maximum absolute atomic E-state index is 12.3. The van der Waals surface area contributed by atoms with Crippen molar-refractivity contribution in [2.24, 2.45) is 0 Å². The first-order valence-corrected chi connectivity index (χ1v) is 7.23. The van der Waals surface area contributed by atoms with Gasteiger partial charge >= 0.3 is 12.2 Å². The number of halogens is 3. The summed E-state index contributed by atoms with van der Waals surface area (Å²) >= 11 is 0. The monoisotopic (exact) mass is 312 g/mol. The summed E-state index contributed by atoms with van der Waals surface area (Å²) < 4.78 is 36.9. The van der Waals surface area contributed by atoms with E-state index in [-0.39, 0.29) is 12.6 Å². The Morgan fingerprint density at radius 3 is 2.43 bits per heavy atom. The zero-order valence-corrected chi connectivity index (χ0v) is 11.9. The van der Waals surface area contributed by atoms with Crippen LogP contribution in [0.25, 0.3) is 0 Å². The highest BCUT2D eigenvalue weighted by atomic mass is 19.4. The van der Waals surface area contributed by atoms with Gasteiger partial charge in [-0.2, -0.15) is 13.2 Å². The van der Waals surface area contributed by atoms with E-state index in [9.17, 15) is 23.1 Å². The number of nitrogens with one attached hydrogen (secondary N) is 1. The van der Waals surface area contributed by atoms with Crippen LogP contribution in [0.15, 0.2) is 0 Å². The van der Waals surface area contributed by atoms with Crippen molar-refractivity contribution in [3.63, 3.8) is 0 Å². The van der Waals surface area contributed by atoms with Gasteiger partial charge in [-0.1, -0.05) is 19.3 Å². The molecule has 0 aliphatic heterocycles. The van der Waals surface area contributed by atoms with Crippen molar-refractivity contribution in [3.05, 3.63) is 0 Å². The highest BCUT2D eigenvalue weighted by Crippen LogP contribution is 2.21. The molecule has 0 spiro atoms. The molecule has 1 atom stereocenters. The molecule has 0 bridgehead atoms. The molecule has 8 heteroatoms. The molecular weight excluding hydrogens is 289 g/mol. The van der Waals surface area contributed by atoms with Gasteiger partial charge in [-0.05, 0) is 12.8 Å². The molecule has 1 saturated carbocycles. The quantitative estimate of drug-likeness (QED) is 0.698.